The molecule has 0 aliphatic heterocycles. The Morgan fingerprint density at radius 1 is 1.00 bits per heavy atom. The first-order valence-electron chi connectivity index (χ1n) is 7.23. The summed E-state index contributed by atoms with van der Waals surface area (Å²) in [5.41, 5.74) is 4.21. The molecule has 1 aromatic carbocycles. The molecule has 0 radical (unpaired) electrons. The topological polar surface area (TPSA) is 50.2 Å². The van der Waals surface area contributed by atoms with Crippen molar-refractivity contribution in [2.45, 2.75) is 26.7 Å². The molecular formula is C18H17NO2. The zero-order chi connectivity index (χ0) is 15.0. The number of pyridine rings is 1. The van der Waals surface area contributed by atoms with Crippen molar-refractivity contribution >= 4 is 17.1 Å². The number of hydrogen-bond donors (Lipinski definition) is 1. The van der Waals surface area contributed by atoms with Gasteiger partial charge in [0, 0.05) is 22.5 Å². The third kappa shape index (κ3) is 2.15. The molecule has 3 nitrogen and oxygen atoms in total. The summed E-state index contributed by atoms with van der Waals surface area (Å²) in [6.45, 7) is 4.07. The number of nitrogens with zero attached hydrogens (tertiary/aromatic N) is 1. The van der Waals surface area contributed by atoms with E-state index in [0.29, 0.717) is 16.7 Å². The van der Waals surface area contributed by atoms with Crippen molar-refractivity contribution in [1.29, 1.82) is 0 Å². The molecule has 106 valence electrons. The molecule has 1 aromatic heterocycles. The number of carbonyl (C=O) groups is 1. The summed E-state index contributed by atoms with van der Waals surface area (Å²) < 4.78 is 0. The number of aromatic nitrogens is 1. The first-order valence-corrected chi connectivity index (χ1v) is 7.23. The minimum atomic E-state index is -0.113. The van der Waals surface area contributed by atoms with Gasteiger partial charge < -0.3 is 5.11 Å². The van der Waals surface area contributed by atoms with E-state index in [1.54, 1.807) is 12.1 Å². The van der Waals surface area contributed by atoms with E-state index >= 15 is 0 Å². The van der Waals surface area contributed by atoms with Crippen molar-refractivity contribution in [3.63, 3.8) is 0 Å². The average molecular weight is 279 g/mol. The zero-order valence-corrected chi connectivity index (χ0v) is 12.2. The minimum absolute atomic E-state index is 0.0749. The Morgan fingerprint density at radius 3 is 2.10 bits per heavy atom. The fourth-order valence-electron chi connectivity index (χ4n) is 2.69. The molecular weight excluding hydrogens is 262 g/mol. The highest BCUT2D eigenvalue weighted by Crippen LogP contribution is 2.36. The summed E-state index contributed by atoms with van der Waals surface area (Å²) in [5.74, 6) is -0.0377. The molecule has 0 unspecified atom stereocenters. The maximum absolute atomic E-state index is 12.6. The molecule has 0 saturated carbocycles. The van der Waals surface area contributed by atoms with Crippen LogP contribution in [0.2, 0.25) is 0 Å². The van der Waals surface area contributed by atoms with E-state index in [0.717, 1.165) is 29.8 Å². The Morgan fingerprint density at radius 2 is 1.57 bits per heavy atom. The lowest BCUT2D eigenvalue weighted by atomic mass is 10.0. The maximum Gasteiger partial charge on any atom is 0.198 e. The van der Waals surface area contributed by atoms with Gasteiger partial charge in [-0.1, -0.05) is 38.1 Å². The van der Waals surface area contributed by atoms with Crippen molar-refractivity contribution in [3.8, 4) is 0 Å². The van der Waals surface area contributed by atoms with Gasteiger partial charge in [-0.2, -0.15) is 0 Å². The number of aryl methyl sites for hydroxylation is 2. The maximum atomic E-state index is 12.6. The van der Waals surface area contributed by atoms with E-state index in [1.165, 1.54) is 0 Å². The Bertz CT molecular complexity index is 737. The van der Waals surface area contributed by atoms with Gasteiger partial charge in [0.1, 0.15) is 5.76 Å². The van der Waals surface area contributed by atoms with Gasteiger partial charge >= 0.3 is 0 Å². The molecule has 0 saturated heterocycles. The van der Waals surface area contributed by atoms with Gasteiger partial charge in [0.25, 0.3) is 0 Å². The summed E-state index contributed by atoms with van der Waals surface area (Å²) in [7, 11) is 0. The lowest BCUT2D eigenvalue weighted by Gasteiger charge is -2.07. The molecule has 3 heteroatoms. The van der Waals surface area contributed by atoms with Crippen LogP contribution < -0.4 is 0 Å². The van der Waals surface area contributed by atoms with E-state index in [9.17, 15) is 9.90 Å². The third-order valence-corrected chi connectivity index (χ3v) is 3.84. The lowest BCUT2D eigenvalue weighted by molar-refractivity contribution is 0.105. The second-order valence-corrected chi connectivity index (χ2v) is 5.14. The van der Waals surface area contributed by atoms with Crippen LogP contribution in [0, 0.1) is 0 Å². The molecule has 2 aromatic rings. The summed E-state index contributed by atoms with van der Waals surface area (Å²) in [6.07, 6.45) is 1.60. The minimum Gasteiger partial charge on any atom is -0.507 e. The highest BCUT2D eigenvalue weighted by molar-refractivity contribution is 6.38. The van der Waals surface area contributed by atoms with Gasteiger partial charge in [-0.05, 0) is 30.5 Å². The number of carbonyl (C=O) groups excluding carboxylic acids is 1. The Balaban J connectivity index is 2.18. The predicted octanol–water partition coefficient (Wildman–Crippen LogP) is 3.83. The molecule has 0 bridgehead atoms. The number of fused-ring (bicyclic) bond motifs is 1. The van der Waals surface area contributed by atoms with Gasteiger partial charge in [0.15, 0.2) is 5.78 Å². The SMILES string of the molecule is CCc1cc(C2=C(O)c3ccccc3C2=O)cc(CC)n1. The Hall–Kier alpha value is -2.42. The first-order chi connectivity index (χ1) is 10.2. The standard InChI is InChI=1S/C18H17NO2/c1-3-12-9-11(10-13(4-2)19-12)16-17(20)14-7-5-6-8-15(14)18(16)21/h5-10,20H,3-4H2,1-2H3. The smallest absolute Gasteiger partial charge is 0.198 e. The molecule has 1 N–H and O–H groups in total. The number of benzene rings is 1. The van der Waals surface area contributed by atoms with E-state index < -0.39 is 0 Å². The van der Waals surface area contributed by atoms with Gasteiger partial charge in [-0.25, -0.2) is 0 Å². The number of hydrogen-bond acceptors (Lipinski definition) is 3. The third-order valence-electron chi connectivity index (χ3n) is 3.84. The monoisotopic (exact) mass is 279 g/mol. The summed E-state index contributed by atoms with van der Waals surface area (Å²) in [4.78, 5) is 17.1. The van der Waals surface area contributed by atoms with Crippen LogP contribution in [0.4, 0.5) is 0 Å². The summed E-state index contributed by atoms with van der Waals surface area (Å²) in [5, 5.41) is 10.4. The molecule has 0 atom stereocenters. The van der Waals surface area contributed by atoms with Crippen molar-refractivity contribution < 1.29 is 9.90 Å². The molecule has 0 spiro atoms. The van der Waals surface area contributed by atoms with Crippen molar-refractivity contribution in [1.82, 2.24) is 4.98 Å². The van der Waals surface area contributed by atoms with Crippen LogP contribution >= 0.6 is 0 Å². The number of rotatable bonds is 3. The highest BCUT2D eigenvalue weighted by atomic mass is 16.3. The van der Waals surface area contributed by atoms with Crippen LogP contribution in [0.1, 0.15) is 46.7 Å². The Kier molecular flexibility index (Phi) is 3.34. The van der Waals surface area contributed by atoms with Crippen molar-refractivity contribution in [2.75, 3.05) is 0 Å². The molecule has 1 heterocycles. The Labute approximate surface area is 124 Å². The van der Waals surface area contributed by atoms with E-state index in [2.05, 4.69) is 4.98 Å². The van der Waals surface area contributed by atoms with Crippen molar-refractivity contribution in [2.24, 2.45) is 0 Å². The average Bonchev–Trinajstić information content (AvgIpc) is 2.78. The molecule has 3 rings (SSSR count). The molecule has 1 aliphatic carbocycles. The zero-order valence-electron chi connectivity index (χ0n) is 12.2. The fourth-order valence-corrected chi connectivity index (χ4v) is 2.69. The van der Waals surface area contributed by atoms with E-state index in [4.69, 9.17) is 0 Å². The van der Waals surface area contributed by atoms with E-state index in [-0.39, 0.29) is 11.5 Å². The summed E-state index contributed by atoms with van der Waals surface area (Å²) in [6, 6.07) is 11.0. The van der Waals surface area contributed by atoms with Gasteiger partial charge in [-0.3, -0.25) is 9.78 Å². The van der Waals surface area contributed by atoms with Crippen LogP contribution in [-0.4, -0.2) is 15.9 Å². The quantitative estimate of drug-likeness (QED) is 0.929. The molecule has 1 aliphatic rings. The van der Waals surface area contributed by atoms with Crippen molar-refractivity contribution in [3.05, 3.63) is 64.5 Å². The lowest BCUT2D eigenvalue weighted by Crippen LogP contribution is -2.02. The van der Waals surface area contributed by atoms with Crippen LogP contribution in [0.25, 0.3) is 11.3 Å². The number of ketones is 1. The second-order valence-electron chi connectivity index (χ2n) is 5.14. The number of Topliss-reactive ketones (excluding diaryl/α,β-unsaturated/α-hetero) is 1. The number of aliphatic hydroxyl groups is 1. The molecule has 0 fully saturated rings. The highest BCUT2D eigenvalue weighted by Gasteiger charge is 2.30. The predicted molar refractivity (Wildman–Crippen MR) is 83.2 cm³/mol. The van der Waals surface area contributed by atoms with E-state index in [1.807, 2.05) is 38.1 Å². The summed E-state index contributed by atoms with van der Waals surface area (Å²) >= 11 is 0. The van der Waals surface area contributed by atoms with Gasteiger partial charge in [-0.15, -0.1) is 0 Å². The number of allylic oxidation sites excluding steroid dienone is 1. The van der Waals surface area contributed by atoms with Gasteiger partial charge in [0.2, 0.25) is 0 Å². The molecule has 0 amide bonds. The molecule has 21 heavy (non-hydrogen) atoms. The first kappa shape index (κ1) is 13.6. The fraction of sp³-hybridized carbons (Fsp3) is 0.222. The largest absolute Gasteiger partial charge is 0.507 e. The van der Waals surface area contributed by atoms with Crippen LogP contribution in [0.15, 0.2) is 36.4 Å². The number of aliphatic hydroxyl groups excluding tert-OH is 1. The van der Waals surface area contributed by atoms with Crippen LogP contribution in [0.5, 0.6) is 0 Å². The van der Waals surface area contributed by atoms with Gasteiger partial charge in [0.05, 0.1) is 5.57 Å². The van der Waals surface area contributed by atoms with Crippen LogP contribution in [0.3, 0.4) is 0 Å². The second kappa shape index (κ2) is 5.17. The van der Waals surface area contributed by atoms with Crippen LogP contribution in [-0.2, 0) is 12.8 Å². The normalized spacial score (nSPS) is 13.7.